The fourth-order valence-corrected chi connectivity index (χ4v) is 5.06. The quantitative estimate of drug-likeness (QED) is 0.413. The Balaban J connectivity index is 1.36. The molecule has 1 fully saturated rings. The lowest BCUT2D eigenvalue weighted by Crippen LogP contribution is -2.50. The molecule has 206 valence electrons. The summed E-state index contributed by atoms with van der Waals surface area (Å²) in [5.74, 6) is -0.430. The van der Waals surface area contributed by atoms with E-state index in [0.717, 1.165) is 5.56 Å². The van der Waals surface area contributed by atoms with Gasteiger partial charge < -0.3 is 19.7 Å². The normalized spacial score (nSPS) is 18.2. The van der Waals surface area contributed by atoms with Crippen LogP contribution in [0.25, 0.3) is 0 Å². The fraction of sp³-hybridized carbons (Fsp3) is 0.250. The first-order valence-electron chi connectivity index (χ1n) is 12.5. The van der Waals surface area contributed by atoms with Gasteiger partial charge in [-0.05, 0) is 35.9 Å². The molecule has 3 N–H and O–H groups in total. The molecule has 0 saturated carbocycles. The zero-order valence-electron chi connectivity index (χ0n) is 21.5. The lowest BCUT2D eigenvalue weighted by Gasteiger charge is -2.35. The van der Waals surface area contributed by atoms with Gasteiger partial charge in [-0.25, -0.2) is 14.6 Å². The standard InChI is InChI=1S/C28H26ClN5O6/c1-39-26(37)31-20-9-7-18(8-10-20)24(35)32-22(13-17-5-3-2-4-6-17)25(36)34-12-11-28(16-34)21-14-19(29)15-30-23(21)33-27(38)40-28/h2-10,14-15,22H,11-13,16H2,1H3,(H,31,37)(H,32,35)(H,30,33,38). The summed E-state index contributed by atoms with van der Waals surface area (Å²) in [4.78, 5) is 56.6. The van der Waals surface area contributed by atoms with E-state index in [1.54, 1.807) is 23.1 Å². The molecular formula is C28H26ClN5O6. The molecule has 1 spiro atoms. The minimum Gasteiger partial charge on any atom is -0.453 e. The van der Waals surface area contributed by atoms with Crippen LogP contribution < -0.4 is 16.0 Å². The van der Waals surface area contributed by atoms with E-state index in [9.17, 15) is 19.2 Å². The number of carbonyl (C=O) groups excluding carboxylic acids is 4. The number of methoxy groups -OCH3 is 1. The van der Waals surface area contributed by atoms with Crippen LogP contribution in [0.4, 0.5) is 21.1 Å². The van der Waals surface area contributed by atoms with Gasteiger partial charge in [0.1, 0.15) is 11.9 Å². The Morgan fingerprint density at radius 2 is 1.93 bits per heavy atom. The summed E-state index contributed by atoms with van der Waals surface area (Å²) in [6.45, 7) is 0.385. The molecule has 2 atom stereocenters. The van der Waals surface area contributed by atoms with Gasteiger partial charge in [0.05, 0.1) is 18.7 Å². The van der Waals surface area contributed by atoms with Gasteiger partial charge in [0.15, 0.2) is 5.60 Å². The van der Waals surface area contributed by atoms with Gasteiger partial charge in [-0.2, -0.15) is 0 Å². The van der Waals surface area contributed by atoms with Crippen LogP contribution >= 0.6 is 11.6 Å². The molecule has 0 radical (unpaired) electrons. The van der Waals surface area contributed by atoms with Crippen molar-refractivity contribution in [3.05, 3.63) is 88.6 Å². The van der Waals surface area contributed by atoms with Crippen LogP contribution in [0.2, 0.25) is 5.02 Å². The van der Waals surface area contributed by atoms with Crippen molar-refractivity contribution in [3.8, 4) is 0 Å². The zero-order chi connectivity index (χ0) is 28.3. The zero-order valence-corrected chi connectivity index (χ0v) is 22.2. The molecule has 4 amide bonds. The minimum atomic E-state index is -1.10. The number of hydrogen-bond acceptors (Lipinski definition) is 7. The number of benzene rings is 2. The molecule has 0 aliphatic carbocycles. The molecule has 1 aromatic heterocycles. The fourth-order valence-electron chi connectivity index (χ4n) is 4.90. The minimum absolute atomic E-state index is 0.0866. The Hall–Kier alpha value is -4.64. The van der Waals surface area contributed by atoms with Gasteiger partial charge in [-0.3, -0.25) is 20.2 Å². The Labute approximate surface area is 234 Å². The van der Waals surface area contributed by atoms with E-state index in [2.05, 4.69) is 25.7 Å². The number of carbonyl (C=O) groups is 4. The summed E-state index contributed by atoms with van der Waals surface area (Å²) in [5, 5.41) is 8.34. The van der Waals surface area contributed by atoms with Crippen molar-refractivity contribution in [2.75, 3.05) is 30.8 Å². The number of rotatable bonds is 6. The van der Waals surface area contributed by atoms with E-state index >= 15 is 0 Å². The van der Waals surface area contributed by atoms with E-state index < -0.39 is 29.7 Å². The van der Waals surface area contributed by atoms with Gasteiger partial charge in [-0.1, -0.05) is 41.9 Å². The second kappa shape index (κ2) is 11.2. The summed E-state index contributed by atoms with van der Waals surface area (Å²) >= 11 is 6.19. The second-order valence-corrected chi connectivity index (χ2v) is 9.91. The number of halogens is 1. The number of aromatic nitrogens is 1. The average Bonchev–Trinajstić information content (AvgIpc) is 3.37. The van der Waals surface area contributed by atoms with Crippen molar-refractivity contribution >= 4 is 47.1 Å². The molecule has 2 unspecified atom stereocenters. The number of ether oxygens (including phenoxy) is 2. The van der Waals surface area contributed by atoms with Gasteiger partial charge in [0.25, 0.3) is 5.91 Å². The second-order valence-electron chi connectivity index (χ2n) is 9.48. The highest BCUT2D eigenvalue weighted by Crippen LogP contribution is 2.43. The molecule has 3 heterocycles. The summed E-state index contributed by atoms with van der Waals surface area (Å²) in [6.07, 6.45) is 0.746. The number of hydrogen-bond donors (Lipinski definition) is 3. The maximum atomic E-state index is 13.9. The van der Waals surface area contributed by atoms with Crippen LogP contribution in [0, 0.1) is 0 Å². The van der Waals surface area contributed by atoms with Gasteiger partial charge in [0, 0.05) is 42.4 Å². The van der Waals surface area contributed by atoms with E-state index in [1.165, 1.54) is 25.4 Å². The van der Waals surface area contributed by atoms with Crippen LogP contribution in [0.5, 0.6) is 0 Å². The third kappa shape index (κ3) is 5.69. The smallest absolute Gasteiger partial charge is 0.413 e. The van der Waals surface area contributed by atoms with E-state index in [1.807, 2.05) is 30.3 Å². The van der Waals surface area contributed by atoms with Crippen molar-refractivity contribution in [3.63, 3.8) is 0 Å². The van der Waals surface area contributed by atoms with Crippen LogP contribution in [0.3, 0.4) is 0 Å². The van der Waals surface area contributed by atoms with Gasteiger partial charge in [-0.15, -0.1) is 0 Å². The summed E-state index contributed by atoms with van der Waals surface area (Å²) < 4.78 is 10.3. The summed E-state index contributed by atoms with van der Waals surface area (Å²) in [7, 11) is 1.25. The predicted octanol–water partition coefficient (Wildman–Crippen LogP) is 3.94. The van der Waals surface area contributed by atoms with E-state index in [0.29, 0.717) is 40.6 Å². The lowest BCUT2D eigenvalue weighted by molar-refractivity contribution is -0.133. The molecule has 12 heteroatoms. The summed E-state index contributed by atoms with van der Waals surface area (Å²) in [5.41, 5.74) is 1.12. The Morgan fingerprint density at radius 3 is 2.65 bits per heavy atom. The molecule has 40 heavy (non-hydrogen) atoms. The number of pyridine rings is 1. The highest BCUT2D eigenvalue weighted by Gasteiger charge is 2.50. The van der Waals surface area contributed by atoms with E-state index in [-0.39, 0.29) is 18.9 Å². The number of fused-ring (bicyclic) bond motifs is 2. The van der Waals surface area contributed by atoms with Crippen molar-refractivity contribution in [2.45, 2.75) is 24.5 Å². The van der Waals surface area contributed by atoms with Gasteiger partial charge >= 0.3 is 12.2 Å². The topological polar surface area (TPSA) is 139 Å². The lowest BCUT2D eigenvalue weighted by atomic mass is 9.92. The SMILES string of the molecule is COC(=O)Nc1ccc(C(=O)NC(Cc2ccccc2)C(=O)N2CCC3(C2)OC(=O)Nc2ncc(Cl)cc23)cc1. The molecule has 0 bridgehead atoms. The van der Waals surface area contributed by atoms with Crippen LogP contribution in [-0.4, -0.2) is 60.1 Å². The molecule has 5 rings (SSSR count). The Morgan fingerprint density at radius 1 is 1.18 bits per heavy atom. The van der Waals surface area contributed by atoms with Crippen LogP contribution in [-0.2, 0) is 26.3 Å². The number of amides is 4. The monoisotopic (exact) mass is 563 g/mol. The van der Waals surface area contributed by atoms with Crippen molar-refractivity contribution in [1.82, 2.24) is 15.2 Å². The molecule has 2 aliphatic rings. The Kier molecular flexibility index (Phi) is 7.56. The van der Waals surface area contributed by atoms with Crippen molar-refractivity contribution in [2.24, 2.45) is 0 Å². The summed E-state index contributed by atoms with van der Waals surface area (Å²) in [6, 6.07) is 16.3. The van der Waals surface area contributed by atoms with Crippen molar-refractivity contribution < 1.29 is 28.7 Å². The third-order valence-electron chi connectivity index (χ3n) is 6.86. The molecule has 2 aliphatic heterocycles. The predicted molar refractivity (Wildman–Crippen MR) is 146 cm³/mol. The van der Waals surface area contributed by atoms with Crippen LogP contribution in [0.15, 0.2) is 66.9 Å². The molecule has 1 saturated heterocycles. The third-order valence-corrected chi connectivity index (χ3v) is 7.07. The number of nitrogens with zero attached hydrogens (tertiary/aromatic N) is 2. The molecular weight excluding hydrogens is 538 g/mol. The molecule has 3 aromatic rings. The van der Waals surface area contributed by atoms with Crippen LogP contribution in [0.1, 0.15) is 27.9 Å². The molecule has 11 nitrogen and oxygen atoms in total. The number of likely N-dealkylation sites (tertiary alicyclic amines) is 1. The first kappa shape index (κ1) is 26.9. The highest BCUT2D eigenvalue weighted by atomic mass is 35.5. The number of nitrogens with one attached hydrogen (secondary N) is 3. The first-order chi connectivity index (χ1) is 19.3. The van der Waals surface area contributed by atoms with E-state index in [4.69, 9.17) is 16.3 Å². The van der Waals surface area contributed by atoms with Gasteiger partial charge in [0.2, 0.25) is 5.91 Å². The largest absolute Gasteiger partial charge is 0.453 e. The highest BCUT2D eigenvalue weighted by molar-refractivity contribution is 6.30. The maximum absolute atomic E-state index is 13.9. The molecule has 2 aromatic carbocycles. The average molecular weight is 564 g/mol. The Bertz CT molecular complexity index is 1450. The number of anilines is 2. The first-order valence-corrected chi connectivity index (χ1v) is 12.9. The maximum Gasteiger partial charge on any atom is 0.413 e. The van der Waals surface area contributed by atoms with Crippen molar-refractivity contribution in [1.29, 1.82) is 0 Å².